The average Bonchev–Trinajstić information content (AvgIpc) is 3.32. The third-order valence-electron chi connectivity index (χ3n) is 4.89. The molecule has 2 aromatic carbocycles. The third-order valence-corrected chi connectivity index (χ3v) is 6.44. The Labute approximate surface area is 152 Å². The number of amides is 1. The number of benzene rings is 2. The number of carbonyl (C=O) groups is 1. The first-order valence-electron chi connectivity index (χ1n) is 8.45. The van der Waals surface area contributed by atoms with E-state index in [1.54, 1.807) is 11.8 Å². The van der Waals surface area contributed by atoms with Gasteiger partial charge in [0.15, 0.2) is 0 Å². The maximum absolute atomic E-state index is 13.3. The lowest BCUT2D eigenvalue weighted by molar-refractivity contribution is -0.133. The molecule has 1 fully saturated rings. The fourth-order valence-electron chi connectivity index (χ4n) is 3.43. The van der Waals surface area contributed by atoms with E-state index < -0.39 is 0 Å². The van der Waals surface area contributed by atoms with Crippen LogP contribution in [-0.4, -0.2) is 22.1 Å². The molecule has 4 rings (SSSR count). The van der Waals surface area contributed by atoms with Gasteiger partial charge in [-0.05, 0) is 55.5 Å². The number of nitrogens with zero attached hydrogens (tertiary/aromatic N) is 1. The minimum Gasteiger partial charge on any atom is -0.332 e. The van der Waals surface area contributed by atoms with Gasteiger partial charge in [0.1, 0.15) is 0 Å². The number of hydrogen-bond donors (Lipinski definition) is 0. The number of fused-ring (bicyclic) bond motifs is 1. The molecule has 1 amide bonds. The zero-order valence-electron chi connectivity index (χ0n) is 13.6. The number of halogens is 1. The lowest BCUT2D eigenvalue weighted by Gasteiger charge is -2.32. The molecule has 2 atom stereocenters. The normalized spacial score (nSPS) is 20.5. The Morgan fingerprint density at radius 1 is 1.17 bits per heavy atom. The fourth-order valence-corrected chi connectivity index (χ4v) is 4.81. The molecule has 1 saturated carbocycles. The first-order valence-corrected chi connectivity index (χ1v) is 9.71. The van der Waals surface area contributed by atoms with Gasteiger partial charge < -0.3 is 4.90 Å². The molecular weight excluding hydrogens is 338 g/mol. The van der Waals surface area contributed by atoms with Crippen LogP contribution < -0.4 is 0 Å². The Hall–Kier alpha value is -1.45. The second-order valence-corrected chi connectivity index (χ2v) is 8.30. The molecule has 1 aliphatic carbocycles. The first-order chi connectivity index (χ1) is 11.6. The fraction of sp³-hybridized carbons (Fsp3) is 0.350. The Balaban J connectivity index is 1.55. The van der Waals surface area contributed by atoms with Crippen molar-refractivity contribution in [2.75, 3.05) is 0 Å². The van der Waals surface area contributed by atoms with E-state index in [9.17, 15) is 4.79 Å². The molecule has 24 heavy (non-hydrogen) atoms. The summed E-state index contributed by atoms with van der Waals surface area (Å²) in [5.41, 5.74) is 2.45. The van der Waals surface area contributed by atoms with Crippen LogP contribution in [-0.2, 0) is 11.2 Å². The van der Waals surface area contributed by atoms with Gasteiger partial charge >= 0.3 is 0 Å². The summed E-state index contributed by atoms with van der Waals surface area (Å²) in [5.74, 6) is 0.279. The predicted octanol–water partition coefficient (Wildman–Crippen LogP) is 5.11. The number of hydrogen-bond acceptors (Lipinski definition) is 2. The van der Waals surface area contributed by atoms with Gasteiger partial charge in [-0.25, -0.2) is 0 Å². The summed E-state index contributed by atoms with van der Waals surface area (Å²) in [7, 11) is 0. The van der Waals surface area contributed by atoms with Crippen molar-refractivity contribution in [3.05, 3.63) is 64.7 Å². The van der Waals surface area contributed by atoms with Crippen molar-refractivity contribution >= 4 is 29.3 Å². The molecule has 2 nitrogen and oxygen atoms in total. The number of rotatable bonds is 4. The van der Waals surface area contributed by atoms with Crippen LogP contribution in [0.15, 0.2) is 53.4 Å². The minimum absolute atomic E-state index is 0.0118. The highest BCUT2D eigenvalue weighted by atomic mass is 35.5. The van der Waals surface area contributed by atoms with E-state index >= 15 is 0 Å². The molecule has 4 heteroatoms. The van der Waals surface area contributed by atoms with Crippen molar-refractivity contribution in [2.24, 2.45) is 0 Å². The molecule has 124 valence electrons. The van der Waals surface area contributed by atoms with Crippen LogP contribution in [0.4, 0.5) is 0 Å². The Bertz CT molecular complexity index is 731. The van der Waals surface area contributed by atoms with E-state index in [2.05, 4.69) is 30.0 Å². The molecule has 2 unspecified atom stereocenters. The third kappa shape index (κ3) is 3.07. The molecule has 2 aliphatic rings. The lowest BCUT2D eigenvalue weighted by Crippen LogP contribution is -2.41. The van der Waals surface area contributed by atoms with Gasteiger partial charge in [-0.3, -0.25) is 4.79 Å². The van der Waals surface area contributed by atoms with E-state index in [0.29, 0.717) is 6.04 Å². The van der Waals surface area contributed by atoms with E-state index in [4.69, 9.17) is 11.6 Å². The van der Waals surface area contributed by atoms with Crippen LogP contribution in [0.1, 0.15) is 36.9 Å². The molecule has 0 radical (unpaired) electrons. The molecule has 2 aromatic rings. The molecule has 0 aromatic heterocycles. The highest BCUT2D eigenvalue weighted by Gasteiger charge is 2.40. The van der Waals surface area contributed by atoms with Gasteiger partial charge in [0.2, 0.25) is 5.91 Å². The molecule has 0 spiro atoms. The summed E-state index contributed by atoms with van der Waals surface area (Å²) in [5, 5.41) is 0.745. The summed E-state index contributed by atoms with van der Waals surface area (Å²) in [6, 6.07) is 16.7. The van der Waals surface area contributed by atoms with Gasteiger partial charge in [-0.2, -0.15) is 0 Å². The molecule has 1 heterocycles. The topological polar surface area (TPSA) is 20.3 Å². The van der Waals surface area contributed by atoms with Crippen LogP contribution in [0.5, 0.6) is 0 Å². The Kier molecular flexibility index (Phi) is 4.31. The van der Waals surface area contributed by atoms with Crippen LogP contribution in [0.2, 0.25) is 5.02 Å². The van der Waals surface area contributed by atoms with Crippen molar-refractivity contribution < 1.29 is 4.79 Å². The van der Waals surface area contributed by atoms with Crippen molar-refractivity contribution in [2.45, 2.75) is 48.4 Å². The zero-order valence-corrected chi connectivity index (χ0v) is 15.2. The molecule has 0 saturated heterocycles. The average molecular weight is 358 g/mol. The summed E-state index contributed by atoms with van der Waals surface area (Å²) < 4.78 is 0. The molecular formula is C20H20ClNOS. The molecule has 0 bridgehead atoms. The zero-order chi connectivity index (χ0) is 16.7. The maximum Gasteiger partial charge on any atom is 0.237 e. The van der Waals surface area contributed by atoms with Crippen LogP contribution in [0.25, 0.3) is 0 Å². The summed E-state index contributed by atoms with van der Waals surface area (Å²) in [4.78, 5) is 16.6. The smallest absolute Gasteiger partial charge is 0.237 e. The van der Waals surface area contributed by atoms with Crippen molar-refractivity contribution in [1.29, 1.82) is 0 Å². The van der Waals surface area contributed by atoms with Crippen LogP contribution >= 0.6 is 23.4 Å². The van der Waals surface area contributed by atoms with Gasteiger partial charge in [0.25, 0.3) is 0 Å². The van der Waals surface area contributed by atoms with Crippen molar-refractivity contribution in [1.82, 2.24) is 4.90 Å². The highest BCUT2D eigenvalue weighted by molar-refractivity contribution is 8.01. The van der Waals surface area contributed by atoms with Crippen LogP contribution in [0, 0.1) is 0 Å². The van der Waals surface area contributed by atoms with E-state index in [-0.39, 0.29) is 17.2 Å². The van der Waals surface area contributed by atoms with Gasteiger partial charge in [0.05, 0.1) is 11.3 Å². The lowest BCUT2D eigenvalue weighted by atomic mass is 10.0. The quantitative estimate of drug-likeness (QED) is 0.757. The SMILES string of the molecule is CC(c1ccc(Cl)cc1)N(C(=O)C1Cc2ccccc2S1)C1CC1. The number of thioether (sulfide) groups is 1. The monoisotopic (exact) mass is 357 g/mol. The Morgan fingerprint density at radius 3 is 2.54 bits per heavy atom. The summed E-state index contributed by atoms with van der Waals surface area (Å²) in [6.07, 6.45) is 3.08. The second kappa shape index (κ2) is 6.45. The highest BCUT2D eigenvalue weighted by Crippen LogP contribution is 2.41. The summed E-state index contributed by atoms with van der Waals surface area (Å²) >= 11 is 7.73. The van der Waals surface area contributed by atoms with Crippen LogP contribution in [0.3, 0.4) is 0 Å². The van der Waals surface area contributed by atoms with Crippen molar-refractivity contribution in [3.63, 3.8) is 0 Å². The van der Waals surface area contributed by atoms with E-state index in [1.165, 1.54) is 10.5 Å². The van der Waals surface area contributed by atoms with Crippen molar-refractivity contribution in [3.8, 4) is 0 Å². The molecule has 0 N–H and O–H groups in total. The predicted molar refractivity (Wildman–Crippen MR) is 99.5 cm³/mol. The minimum atomic E-state index is 0.0118. The first kappa shape index (κ1) is 16.0. The van der Waals surface area contributed by atoms with Gasteiger partial charge in [0, 0.05) is 16.0 Å². The summed E-state index contributed by atoms with van der Waals surface area (Å²) in [6.45, 7) is 2.13. The van der Waals surface area contributed by atoms with E-state index in [1.807, 2.05) is 30.3 Å². The second-order valence-electron chi connectivity index (χ2n) is 6.62. The Morgan fingerprint density at radius 2 is 1.88 bits per heavy atom. The standard InChI is InChI=1S/C20H20ClNOS/c1-13(14-6-8-16(21)9-7-14)22(17-10-11-17)20(23)19-12-15-4-2-3-5-18(15)24-19/h2-9,13,17,19H,10-12H2,1H3. The number of carbonyl (C=O) groups excluding carboxylic acids is 1. The van der Waals surface area contributed by atoms with Gasteiger partial charge in [-0.15, -0.1) is 11.8 Å². The maximum atomic E-state index is 13.3. The van der Waals surface area contributed by atoms with E-state index in [0.717, 1.165) is 29.8 Å². The molecule has 1 aliphatic heterocycles. The largest absolute Gasteiger partial charge is 0.332 e. The van der Waals surface area contributed by atoms with Gasteiger partial charge in [-0.1, -0.05) is 41.9 Å².